The molecule has 0 amide bonds. The van der Waals surface area contributed by atoms with Crippen molar-refractivity contribution in [2.75, 3.05) is 0 Å². The monoisotopic (exact) mass is 706 g/mol. The summed E-state index contributed by atoms with van der Waals surface area (Å²) in [5.41, 5.74) is 0. The van der Waals surface area contributed by atoms with Crippen LogP contribution in [0, 0.1) is 0 Å². The Morgan fingerprint density at radius 1 is 0.400 bits per heavy atom. The molecule has 0 aliphatic rings. The molecule has 11 heteroatoms. The summed E-state index contributed by atoms with van der Waals surface area (Å²) in [5, 5.41) is 0. The summed E-state index contributed by atoms with van der Waals surface area (Å²) < 4.78 is 60.4. The van der Waals surface area contributed by atoms with Gasteiger partial charge in [-0.25, -0.2) is 0 Å². The Bertz CT molecular complexity index is 1090. The Hall–Kier alpha value is -2.62. The third-order valence-electron chi connectivity index (χ3n) is 4.14. The van der Waals surface area contributed by atoms with E-state index in [9.17, 15) is 9.13 Å². The van der Waals surface area contributed by atoms with Gasteiger partial charge in [0.05, 0.1) is 0 Å². The third kappa shape index (κ3) is 8.23. The van der Waals surface area contributed by atoms with E-state index in [2.05, 4.69) is 0 Å². The van der Waals surface area contributed by atoms with Gasteiger partial charge in [0.2, 0.25) is 0 Å². The summed E-state index contributed by atoms with van der Waals surface area (Å²) in [5.74, 6) is 1.11. The maximum absolute atomic E-state index is 13.5. The van der Waals surface area contributed by atoms with Crippen molar-refractivity contribution in [1.82, 2.24) is 0 Å². The zero-order valence-corrected chi connectivity index (χ0v) is 23.9. The van der Waals surface area contributed by atoms with E-state index in [1.807, 2.05) is 0 Å². The van der Waals surface area contributed by atoms with E-state index >= 15 is 0 Å². The fourth-order valence-corrected chi connectivity index (χ4v) is 9.75. The maximum atomic E-state index is 13.5. The van der Waals surface area contributed by atoms with Gasteiger partial charge in [-0.05, 0) is 0 Å². The van der Waals surface area contributed by atoms with Gasteiger partial charge in [0.25, 0.3) is 0 Å². The molecule has 0 unspecified atom stereocenters. The van der Waals surface area contributed by atoms with E-state index in [1.54, 1.807) is 121 Å². The Labute approximate surface area is 216 Å². The second kappa shape index (κ2) is 12.4. The molecular formula is C24H20O8P2Pb. The zero-order valence-electron chi connectivity index (χ0n) is 18.2. The van der Waals surface area contributed by atoms with Crippen LogP contribution in [0.1, 0.15) is 0 Å². The summed E-state index contributed by atoms with van der Waals surface area (Å²) in [6.45, 7) is 0. The molecule has 0 aliphatic heterocycles. The normalized spacial score (nSPS) is 11.4. The van der Waals surface area contributed by atoms with Crippen molar-refractivity contribution < 1.29 is 32.2 Å². The van der Waals surface area contributed by atoms with Crippen LogP contribution in [0.25, 0.3) is 0 Å². The van der Waals surface area contributed by atoms with Gasteiger partial charge >= 0.3 is 217 Å². The van der Waals surface area contributed by atoms with E-state index in [4.69, 9.17) is 23.0 Å². The number of phosphoric acid groups is 2. The Balaban J connectivity index is 1.51. The zero-order chi connectivity index (χ0) is 24.4. The van der Waals surface area contributed by atoms with Gasteiger partial charge in [-0.1, -0.05) is 0 Å². The first kappa shape index (κ1) is 25.5. The number of hydrogen-bond acceptors (Lipinski definition) is 8. The fraction of sp³-hybridized carbons (Fsp3) is 0. The summed E-state index contributed by atoms with van der Waals surface area (Å²) in [4.78, 5) is 0. The molecule has 0 aliphatic carbocycles. The fourth-order valence-electron chi connectivity index (χ4n) is 2.66. The molecule has 0 aromatic heterocycles. The van der Waals surface area contributed by atoms with Crippen molar-refractivity contribution >= 4 is 40.8 Å². The van der Waals surface area contributed by atoms with Gasteiger partial charge in [-0.3, -0.25) is 0 Å². The summed E-state index contributed by atoms with van der Waals surface area (Å²) in [6, 6.07) is 33.8. The molecule has 0 saturated carbocycles. The topological polar surface area (TPSA) is 89.5 Å². The first-order valence-electron chi connectivity index (χ1n) is 10.3. The van der Waals surface area contributed by atoms with E-state index in [0.717, 1.165) is 0 Å². The summed E-state index contributed by atoms with van der Waals surface area (Å²) >= 11 is -2.89. The first-order chi connectivity index (χ1) is 17.0. The van der Waals surface area contributed by atoms with E-state index < -0.39 is 40.8 Å². The summed E-state index contributed by atoms with van der Waals surface area (Å²) in [6.07, 6.45) is 0. The first-order valence-corrected chi connectivity index (χ1v) is 16.4. The van der Waals surface area contributed by atoms with Crippen LogP contribution in [-0.2, 0) is 14.1 Å². The molecule has 2 radical (unpaired) electrons. The van der Waals surface area contributed by atoms with Gasteiger partial charge in [-0.2, -0.15) is 0 Å². The van der Waals surface area contributed by atoms with Crippen molar-refractivity contribution in [3.8, 4) is 23.0 Å². The molecule has 4 rings (SSSR count). The molecule has 0 heterocycles. The minimum absolute atomic E-state index is 0.277. The summed E-state index contributed by atoms with van der Waals surface area (Å²) in [7, 11) is -8.37. The second-order valence-electron chi connectivity index (χ2n) is 6.78. The van der Waals surface area contributed by atoms with E-state index in [1.165, 1.54) is 0 Å². The molecule has 8 nitrogen and oxygen atoms in total. The average Bonchev–Trinajstić information content (AvgIpc) is 2.86. The van der Waals surface area contributed by atoms with Crippen molar-refractivity contribution in [3.05, 3.63) is 121 Å². The number of hydrogen-bond donors (Lipinski definition) is 0. The van der Waals surface area contributed by atoms with Crippen LogP contribution in [0.2, 0.25) is 0 Å². The standard InChI is InChI=1S/2C12H11O4P.Pb/c2*13-17(14,15-11-7-3-1-4-8-11)16-12-9-5-2-6-10-12;/h2*1-10H,(H,13,14);/q;;+2/p-2. The quantitative estimate of drug-likeness (QED) is 0.114. The van der Waals surface area contributed by atoms with Gasteiger partial charge in [0, 0.05) is 0 Å². The predicted molar refractivity (Wildman–Crippen MR) is 131 cm³/mol. The van der Waals surface area contributed by atoms with Crippen LogP contribution >= 0.6 is 15.6 Å². The molecule has 0 fully saturated rings. The van der Waals surface area contributed by atoms with Gasteiger partial charge < -0.3 is 0 Å². The number of rotatable bonds is 12. The van der Waals surface area contributed by atoms with Crippen LogP contribution in [0.5, 0.6) is 23.0 Å². The molecule has 0 N–H and O–H groups in total. The molecule has 35 heavy (non-hydrogen) atoms. The molecular weight excluding hydrogens is 685 g/mol. The molecule has 0 saturated heterocycles. The van der Waals surface area contributed by atoms with Gasteiger partial charge in [-0.15, -0.1) is 0 Å². The molecule has 0 spiro atoms. The number of para-hydroxylation sites is 4. The predicted octanol–water partition coefficient (Wildman–Crippen LogP) is 7.09. The second-order valence-corrected chi connectivity index (χ2v) is 14.6. The number of phosphoric ester groups is 2. The van der Waals surface area contributed by atoms with Crippen LogP contribution in [0.15, 0.2) is 121 Å². The van der Waals surface area contributed by atoms with Crippen molar-refractivity contribution in [2.24, 2.45) is 0 Å². The Morgan fingerprint density at radius 3 is 0.857 bits per heavy atom. The molecule has 0 bridgehead atoms. The molecule has 4 aromatic rings. The SMILES string of the molecule is O=P([O][Pb][O]P(=O)(Oc1ccccc1)Oc1ccccc1)(Oc1ccccc1)Oc1ccccc1. The number of benzene rings is 4. The molecule has 0 atom stereocenters. The van der Waals surface area contributed by atoms with E-state index in [0.29, 0.717) is 0 Å². The van der Waals surface area contributed by atoms with Crippen molar-refractivity contribution in [1.29, 1.82) is 0 Å². The Morgan fingerprint density at radius 2 is 0.629 bits per heavy atom. The van der Waals surface area contributed by atoms with Gasteiger partial charge in [0.15, 0.2) is 0 Å². The van der Waals surface area contributed by atoms with Crippen LogP contribution in [0.3, 0.4) is 0 Å². The molecule has 4 aromatic carbocycles. The average molecular weight is 706 g/mol. The molecule has 178 valence electrons. The Kier molecular flexibility index (Phi) is 9.01. The van der Waals surface area contributed by atoms with Crippen molar-refractivity contribution in [2.45, 2.75) is 0 Å². The van der Waals surface area contributed by atoms with Crippen LogP contribution < -0.4 is 18.1 Å². The minimum atomic E-state index is -4.18. The van der Waals surface area contributed by atoms with E-state index in [-0.39, 0.29) is 23.0 Å². The van der Waals surface area contributed by atoms with Gasteiger partial charge in [0.1, 0.15) is 0 Å². The van der Waals surface area contributed by atoms with Crippen LogP contribution in [0.4, 0.5) is 0 Å². The van der Waals surface area contributed by atoms with Crippen molar-refractivity contribution in [3.63, 3.8) is 0 Å². The third-order valence-corrected chi connectivity index (χ3v) is 13.4. The van der Waals surface area contributed by atoms with Crippen LogP contribution in [-0.4, -0.2) is 25.1 Å².